The smallest absolute Gasteiger partial charge is 0.289 e. The van der Waals surface area contributed by atoms with E-state index in [-0.39, 0.29) is 11.1 Å². The Morgan fingerprint density at radius 2 is 1.34 bits per heavy atom. The molecule has 198 valence electrons. The fraction of sp³-hybridized carbons (Fsp3) is 0.355. The molecule has 0 unspecified atom stereocenters. The number of nitrogens with zero attached hydrogens (tertiary/aromatic N) is 3. The van der Waals surface area contributed by atoms with E-state index in [9.17, 15) is 9.59 Å². The minimum Gasteiger partial charge on any atom is -0.495 e. The molecule has 2 heterocycles. The van der Waals surface area contributed by atoms with Crippen LogP contribution in [0.15, 0.2) is 84.9 Å². The van der Waals surface area contributed by atoms with Crippen LogP contribution in [-0.2, 0) is 17.6 Å². The van der Waals surface area contributed by atoms with Gasteiger partial charge in [-0.3, -0.25) is 19.4 Å². The number of para-hydroxylation sites is 2. The number of thioether (sulfide) groups is 1. The van der Waals surface area contributed by atoms with Gasteiger partial charge in [-0.15, -0.1) is 0 Å². The van der Waals surface area contributed by atoms with E-state index >= 15 is 0 Å². The van der Waals surface area contributed by atoms with Crippen molar-refractivity contribution in [2.24, 2.45) is 0 Å². The van der Waals surface area contributed by atoms with Crippen molar-refractivity contribution in [2.45, 2.75) is 24.0 Å². The maximum absolute atomic E-state index is 13.8. The van der Waals surface area contributed by atoms with E-state index in [1.54, 1.807) is 7.11 Å². The lowest BCUT2D eigenvalue weighted by atomic mass is 9.90. The number of hydrogen-bond acceptors (Lipinski definition) is 6. The summed E-state index contributed by atoms with van der Waals surface area (Å²) in [6.07, 6.45) is 1.86. The number of hydrogen-bond donors (Lipinski definition) is 0. The largest absolute Gasteiger partial charge is 0.495 e. The van der Waals surface area contributed by atoms with Gasteiger partial charge < -0.3 is 9.64 Å². The number of piperazine rings is 1. The first-order chi connectivity index (χ1) is 18.6. The lowest BCUT2D eigenvalue weighted by Gasteiger charge is -2.36. The molecular weight excluding hydrogens is 494 g/mol. The van der Waals surface area contributed by atoms with E-state index in [1.807, 2.05) is 78.9 Å². The average molecular weight is 530 g/mol. The molecule has 0 N–H and O–H groups in total. The van der Waals surface area contributed by atoms with Crippen LogP contribution in [0.2, 0.25) is 0 Å². The molecule has 0 aliphatic carbocycles. The molecule has 3 aromatic rings. The topological polar surface area (TPSA) is 53.1 Å². The van der Waals surface area contributed by atoms with Gasteiger partial charge in [0.15, 0.2) is 0 Å². The highest BCUT2D eigenvalue weighted by Gasteiger charge is 2.52. The number of carbonyl (C=O) groups is 2. The van der Waals surface area contributed by atoms with Gasteiger partial charge >= 0.3 is 0 Å². The zero-order valence-electron chi connectivity index (χ0n) is 21.9. The molecule has 0 aromatic heterocycles. The second kappa shape index (κ2) is 12.0. The molecule has 38 heavy (non-hydrogen) atoms. The van der Waals surface area contributed by atoms with Gasteiger partial charge in [0, 0.05) is 32.7 Å². The van der Waals surface area contributed by atoms with Gasteiger partial charge in [0.05, 0.1) is 12.8 Å². The summed E-state index contributed by atoms with van der Waals surface area (Å²) in [7, 11) is 1.71. The highest BCUT2D eigenvalue weighted by atomic mass is 32.2. The Hall–Kier alpha value is -3.29. The van der Waals surface area contributed by atoms with Crippen molar-refractivity contribution in [1.29, 1.82) is 0 Å². The maximum Gasteiger partial charge on any atom is 0.289 e. The SMILES string of the molecule is COc1ccccc1N1CCN(CCCN2C(=O)SC(Cc3ccccc3)(Cc3ccccc3)C2=O)CC1. The monoisotopic (exact) mass is 529 g/mol. The van der Waals surface area contributed by atoms with Crippen molar-refractivity contribution in [3.8, 4) is 5.75 Å². The molecule has 0 radical (unpaired) electrons. The van der Waals surface area contributed by atoms with Crippen LogP contribution in [0.4, 0.5) is 10.5 Å². The number of carbonyl (C=O) groups excluding carboxylic acids is 2. The van der Waals surface area contributed by atoms with Gasteiger partial charge in [-0.2, -0.15) is 0 Å². The third kappa shape index (κ3) is 5.89. The molecule has 6 nitrogen and oxygen atoms in total. The predicted molar refractivity (Wildman–Crippen MR) is 154 cm³/mol. The first-order valence-electron chi connectivity index (χ1n) is 13.3. The summed E-state index contributed by atoms with van der Waals surface area (Å²) in [6, 6.07) is 28.2. The Labute approximate surface area is 229 Å². The number of rotatable bonds is 10. The van der Waals surface area contributed by atoms with Crippen molar-refractivity contribution in [3.63, 3.8) is 0 Å². The van der Waals surface area contributed by atoms with E-state index < -0.39 is 4.75 Å². The fourth-order valence-electron chi connectivity index (χ4n) is 5.48. The number of benzene rings is 3. The summed E-state index contributed by atoms with van der Waals surface area (Å²) in [5.41, 5.74) is 3.28. The van der Waals surface area contributed by atoms with Gasteiger partial charge in [-0.25, -0.2) is 0 Å². The van der Waals surface area contributed by atoms with Crippen LogP contribution in [0, 0.1) is 0 Å². The standard InChI is InChI=1S/C31H35N3O3S/c1-37-28-16-9-8-15-27(28)33-21-19-32(20-22-33)17-10-18-34-29(35)31(38-30(34)36,23-25-11-4-2-5-12-25)24-26-13-6-3-7-14-26/h2-9,11-16H,10,17-24H2,1H3. The van der Waals surface area contributed by atoms with Crippen molar-refractivity contribution in [2.75, 3.05) is 51.3 Å². The number of amides is 2. The molecule has 0 atom stereocenters. The molecule has 2 aliphatic heterocycles. The van der Waals surface area contributed by atoms with Crippen LogP contribution in [0.3, 0.4) is 0 Å². The van der Waals surface area contributed by atoms with E-state index in [0.717, 1.165) is 61.7 Å². The highest BCUT2D eigenvalue weighted by molar-refractivity contribution is 8.16. The summed E-state index contributed by atoms with van der Waals surface area (Å²) in [5, 5.41) is -0.122. The zero-order chi connectivity index (χ0) is 26.4. The number of anilines is 1. The normalized spacial score (nSPS) is 17.7. The summed E-state index contributed by atoms with van der Waals surface area (Å²) in [5.74, 6) is 0.847. The third-order valence-corrected chi connectivity index (χ3v) is 8.71. The second-order valence-electron chi connectivity index (χ2n) is 10.00. The molecule has 5 rings (SSSR count). The van der Waals surface area contributed by atoms with Crippen molar-refractivity contribution in [1.82, 2.24) is 9.80 Å². The Balaban J connectivity index is 1.19. The van der Waals surface area contributed by atoms with E-state index in [4.69, 9.17) is 4.74 Å². The number of methoxy groups -OCH3 is 1. The highest BCUT2D eigenvalue weighted by Crippen LogP contribution is 2.42. The quantitative estimate of drug-likeness (QED) is 0.363. The van der Waals surface area contributed by atoms with Crippen molar-refractivity contribution >= 4 is 28.6 Å². The van der Waals surface area contributed by atoms with Gasteiger partial charge in [0.25, 0.3) is 5.24 Å². The van der Waals surface area contributed by atoms with E-state index in [1.165, 1.54) is 16.7 Å². The molecule has 2 amide bonds. The van der Waals surface area contributed by atoms with Crippen molar-refractivity contribution < 1.29 is 14.3 Å². The summed E-state index contributed by atoms with van der Waals surface area (Å²) in [4.78, 5) is 33.3. The molecule has 2 saturated heterocycles. The van der Waals surface area contributed by atoms with E-state index in [0.29, 0.717) is 19.4 Å². The maximum atomic E-state index is 13.8. The Morgan fingerprint density at radius 3 is 1.95 bits per heavy atom. The average Bonchev–Trinajstić information content (AvgIpc) is 3.18. The summed E-state index contributed by atoms with van der Waals surface area (Å²) in [6.45, 7) is 5.07. The summed E-state index contributed by atoms with van der Waals surface area (Å²) >= 11 is 1.21. The van der Waals surface area contributed by atoms with Crippen LogP contribution in [0.1, 0.15) is 17.5 Å². The number of imide groups is 1. The predicted octanol–water partition coefficient (Wildman–Crippen LogP) is 5.13. The van der Waals surface area contributed by atoms with Gasteiger partial charge in [-0.05, 0) is 60.8 Å². The Morgan fingerprint density at radius 1 is 0.763 bits per heavy atom. The van der Waals surface area contributed by atoms with Crippen LogP contribution >= 0.6 is 11.8 Å². The first kappa shape index (κ1) is 26.3. The first-order valence-corrected chi connectivity index (χ1v) is 14.1. The molecule has 2 aliphatic rings. The molecule has 2 fully saturated rings. The van der Waals surface area contributed by atoms with Gasteiger partial charge in [-0.1, -0.05) is 72.8 Å². The molecule has 0 saturated carbocycles. The lowest BCUT2D eigenvalue weighted by molar-refractivity contribution is -0.129. The molecule has 0 bridgehead atoms. The van der Waals surface area contributed by atoms with Gasteiger partial charge in [0.2, 0.25) is 5.91 Å². The second-order valence-corrected chi connectivity index (χ2v) is 11.3. The third-order valence-electron chi connectivity index (χ3n) is 7.46. The van der Waals surface area contributed by atoms with Crippen LogP contribution in [0.5, 0.6) is 5.75 Å². The zero-order valence-corrected chi connectivity index (χ0v) is 22.7. The van der Waals surface area contributed by atoms with E-state index in [2.05, 4.69) is 15.9 Å². The number of ether oxygens (including phenoxy) is 1. The minimum atomic E-state index is -0.805. The molecular formula is C31H35N3O3S. The molecule has 0 spiro atoms. The minimum absolute atomic E-state index is 0.0544. The fourth-order valence-corrected chi connectivity index (χ4v) is 6.77. The van der Waals surface area contributed by atoms with Gasteiger partial charge in [0.1, 0.15) is 10.5 Å². The lowest BCUT2D eigenvalue weighted by Crippen LogP contribution is -2.47. The van der Waals surface area contributed by atoms with Crippen molar-refractivity contribution in [3.05, 3.63) is 96.1 Å². The molecule has 7 heteroatoms. The van der Waals surface area contributed by atoms with Crippen LogP contribution in [0.25, 0.3) is 0 Å². The Kier molecular flexibility index (Phi) is 8.35. The summed E-state index contributed by atoms with van der Waals surface area (Å²) < 4.78 is 4.73. The van der Waals surface area contributed by atoms with Crippen LogP contribution < -0.4 is 9.64 Å². The molecule has 3 aromatic carbocycles. The Bertz CT molecular complexity index is 1190. The van der Waals surface area contributed by atoms with Crippen LogP contribution in [-0.4, -0.2) is 72.1 Å².